The number of aromatic nitrogens is 1. The van der Waals surface area contributed by atoms with E-state index in [2.05, 4.69) is 4.98 Å². The third-order valence-electron chi connectivity index (χ3n) is 2.70. The van der Waals surface area contributed by atoms with Gasteiger partial charge >= 0.3 is 11.7 Å². The average molecular weight is 265 g/mol. The summed E-state index contributed by atoms with van der Waals surface area (Å²) in [6, 6.07) is 5.53. The Bertz CT molecular complexity index is 609. The molecule has 1 atom stereocenters. The molecule has 96 valence electrons. The number of rotatable bonds is 4. The molecule has 0 aliphatic rings. The molecule has 2 rings (SSSR count). The van der Waals surface area contributed by atoms with E-state index in [9.17, 15) is 4.79 Å². The van der Waals surface area contributed by atoms with Crippen LogP contribution in [0.1, 0.15) is 20.3 Å². The largest absolute Gasteiger partial charge is 0.447 e. The number of benzene rings is 1. The van der Waals surface area contributed by atoms with E-state index >= 15 is 0 Å². The molecule has 18 heavy (non-hydrogen) atoms. The Hall–Kier alpha value is -1.49. The van der Waals surface area contributed by atoms with Crippen molar-refractivity contribution in [2.75, 3.05) is 6.26 Å². The van der Waals surface area contributed by atoms with Gasteiger partial charge in [-0.15, -0.1) is 11.8 Å². The highest BCUT2D eigenvalue weighted by Gasteiger charge is 2.12. The molecule has 0 aliphatic carbocycles. The molecule has 5 heteroatoms. The van der Waals surface area contributed by atoms with Crippen molar-refractivity contribution in [2.45, 2.75) is 31.3 Å². The molecule has 0 fully saturated rings. The van der Waals surface area contributed by atoms with Gasteiger partial charge in [0.1, 0.15) is 6.10 Å². The third kappa shape index (κ3) is 2.51. The van der Waals surface area contributed by atoms with Crippen LogP contribution in [0.25, 0.3) is 10.9 Å². The predicted molar refractivity (Wildman–Crippen MR) is 72.4 cm³/mol. The summed E-state index contributed by atoms with van der Waals surface area (Å²) in [7, 11) is 0. The van der Waals surface area contributed by atoms with E-state index in [-0.39, 0.29) is 12.2 Å². The van der Waals surface area contributed by atoms with Crippen LogP contribution in [0.5, 0.6) is 6.08 Å². The van der Waals surface area contributed by atoms with Crippen LogP contribution in [-0.4, -0.2) is 17.3 Å². The van der Waals surface area contributed by atoms with E-state index in [1.165, 1.54) is 11.8 Å². The van der Waals surface area contributed by atoms with Gasteiger partial charge in [0.25, 0.3) is 0 Å². The van der Waals surface area contributed by atoms with Gasteiger partial charge in [0.05, 0.1) is 10.9 Å². The van der Waals surface area contributed by atoms with Gasteiger partial charge in [-0.05, 0) is 31.7 Å². The van der Waals surface area contributed by atoms with E-state index in [0.717, 1.165) is 11.3 Å². The first-order valence-corrected chi connectivity index (χ1v) is 7.02. The second kappa shape index (κ2) is 5.44. The summed E-state index contributed by atoms with van der Waals surface area (Å²) in [6.45, 7) is 3.90. The van der Waals surface area contributed by atoms with Crippen LogP contribution in [0, 0.1) is 0 Å². The Labute approximate surface area is 109 Å². The lowest BCUT2D eigenvalue weighted by Crippen LogP contribution is -2.13. The minimum atomic E-state index is -0.400. The smallest absolute Gasteiger partial charge is 0.397 e. The number of nitrogens with zero attached hydrogens (tertiary/aromatic N) is 1. The van der Waals surface area contributed by atoms with Crippen molar-refractivity contribution in [2.24, 2.45) is 0 Å². The zero-order valence-electron chi connectivity index (χ0n) is 10.6. The zero-order valence-corrected chi connectivity index (χ0v) is 11.4. The first-order chi connectivity index (χ1) is 8.65. The van der Waals surface area contributed by atoms with Gasteiger partial charge in [-0.1, -0.05) is 13.0 Å². The average Bonchev–Trinajstić information content (AvgIpc) is 2.37. The molecule has 0 amide bonds. The van der Waals surface area contributed by atoms with Gasteiger partial charge in [0.2, 0.25) is 0 Å². The monoisotopic (exact) mass is 265 g/mol. The highest BCUT2D eigenvalue weighted by Crippen LogP contribution is 2.24. The van der Waals surface area contributed by atoms with Gasteiger partial charge in [-0.25, -0.2) is 4.79 Å². The Morgan fingerprint density at radius 2 is 2.28 bits per heavy atom. The van der Waals surface area contributed by atoms with Crippen molar-refractivity contribution >= 4 is 22.7 Å². The Balaban J connectivity index is 2.54. The molecule has 0 radical (unpaired) electrons. The molecule has 0 saturated heterocycles. The van der Waals surface area contributed by atoms with Crippen LogP contribution in [0.15, 0.2) is 32.3 Å². The van der Waals surface area contributed by atoms with Gasteiger partial charge in [-0.2, -0.15) is 4.98 Å². The fraction of sp³-hybridized carbons (Fsp3) is 0.385. The minimum absolute atomic E-state index is 0.0261. The zero-order chi connectivity index (χ0) is 13.1. The summed E-state index contributed by atoms with van der Waals surface area (Å²) in [5.74, 6) is 0. The second-order valence-electron chi connectivity index (χ2n) is 3.96. The summed E-state index contributed by atoms with van der Waals surface area (Å²) in [4.78, 5) is 17.0. The Morgan fingerprint density at radius 1 is 1.50 bits per heavy atom. The highest BCUT2D eigenvalue weighted by atomic mass is 32.2. The predicted octanol–water partition coefficient (Wildman–Crippen LogP) is 3.09. The standard InChI is InChI=1S/C13H15NO3S/c1-4-8(2)16-13-14-9-6-5-7-10(18-3)11(9)12(15)17-13/h5-8H,4H2,1-3H3. The molecule has 0 aliphatic heterocycles. The van der Waals surface area contributed by atoms with Crippen LogP contribution in [0.4, 0.5) is 0 Å². The molecular weight excluding hydrogens is 250 g/mol. The van der Waals surface area contributed by atoms with Gasteiger partial charge in [0, 0.05) is 4.90 Å². The van der Waals surface area contributed by atoms with E-state index in [0.29, 0.717) is 10.9 Å². The number of fused-ring (bicyclic) bond motifs is 1. The normalized spacial score (nSPS) is 12.6. The fourth-order valence-electron chi connectivity index (χ4n) is 1.55. The molecule has 4 nitrogen and oxygen atoms in total. The van der Waals surface area contributed by atoms with E-state index in [1.54, 1.807) is 6.07 Å². The molecule has 1 aromatic heterocycles. The second-order valence-corrected chi connectivity index (χ2v) is 4.81. The molecule has 1 unspecified atom stereocenters. The molecule has 2 aromatic rings. The number of ether oxygens (including phenoxy) is 1. The third-order valence-corrected chi connectivity index (χ3v) is 3.48. The lowest BCUT2D eigenvalue weighted by Gasteiger charge is -2.10. The molecule has 1 aromatic carbocycles. The Morgan fingerprint density at radius 3 is 2.94 bits per heavy atom. The van der Waals surface area contributed by atoms with Crippen molar-refractivity contribution in [3.8, 4) is 6.08 Å². The van der Waals surface area contributed by atoms with Crippen molar-refractivity contribution in [3.63, 3.8) is 0 Å². The van der Waals surface area contributed by atoms with Crippen LogP contribution in [-0.2, 0) is 0 Å². The maximum Gasteiger partial charge on any atom is 0.397 e. The van der Waals surface area contributed by atoms with Crippen LogP contribution in [0.2, 0.25) is 0 Å². The van der Waals surface area contributed by atoms with Crippen molar-refractivity contribution in [1.29, 1.82) is 0 Å². The van der Waals surface area contributed by atoms with Gasteiger partial charge in [0.15, 0.2) is 0 Å². The first kappa shape index (κ1) is 13.0. The van der Waals surface area contributed by atoms with Crippen molar-refractivity contribution in [3.05, 3.63) is 28.6 Å². The fourth-order valence-corrected chi connectivity index (χ4v) is 2.15. The van der Waals surface area contributed by atoms with Crippen LogP contribution in [0.3, 0.4) is 0 Å². The number of hydrogen-bond acceptors (Lipinski definition) is 5. The molecule has 0 N–H and O–H groups in total. The summed E-state index contributed by atoms with van der Waals surface area (Å²) >= 11 is 1.50. The van der Waals surface area contributed by atoms with Crippen LogP contribution >= 0.6 is 11.8 Å². The van der Waals surface area contributed by atoms with Crippen LogP contribution < -0.4 is 10.4 Å². The lowest BCUT2D eigenvalue weighted by molar-refractivity contribution is 0.149. The number of hydrogen-bond donors (Lipinski definition) is 0. The number of thioether (sulfide) groups is 1. The van der Waals surface area contributed by atoms with E-state index < -0.39 is 5.63 Å². The molecule has 0 spiro atoms. The molecule has 0 bridgehead atoms. The van der Waals surface area contributed by atoms with E-state index in [4.69, 9.17) is 9.15 Å². The topological polar surface area (TPSA) is 52.3 Å². The molecular formula is C13H15NO3S. The van der Waals surface area contributed by atoms with Gasteiger partial charge < -0.3 is 9.15 Å². The lowest BCUT2D eigenvalue weighted by atomic mass is 10.2. The summed E-state index contributed by atoms with van der Waals surface area (Å²) < 4.78 is 10.5. The Kier molecular flexibility index (Phi) is 3.91. The quantitative estimate of drug-likeness (QED) is 0.795. The summed E-state index contributed by atoms with van der Waals surface area (Å²) in [5, 5.41) is 0.515. The minimum Gasteiger partial charge on any atom is -0.447 e. The van der Waals surface area contributed by atoms with Gasteiger partial charge in [-0.3, -0.25) is 0 Å². The first-order valence-electron chi connectivity index (χ1n) is 5.80. The highest BCUT2D eigenvalue weighted by molar-refractivity contribution is 7.98. The molecule has 0 saturated carbocycles. The van der Waals surface area contributed by atoms with Crippen molar-refractivity contribution < 1.29 is 9.15 Å². The maximum absolute atomic E-state index is 11.9. The van der Waals surface area contributed by atoms with E-state index in [1.807, 2.05) is 32.2 Å². The molecule has 1 heterocycles. The van der Waals surface area contributed by atoms with Crippen molar-refractivity contribution in [1.82, 2.24) is 4.98 Å². The summed E-state index contributed by atoms with van der Waals surface area (Å²) in [6.07, 6.45) is 2.76. The SMILES string of the molecule is CCC(C)Oc1nc2cccc(SC)c2c(=O)o1. The maximum atomic E-state index is 11.9. The summed E-state index contributed by atoms with van der Waals surface area (Å²) in [5.41, 5.74) is 0.208.